The molecule has 0 bridgehead atoms. The zero-order valence-electron chi connectivity index (χ0n) is 9.70. The van der Waals surface area contributed by atoms with Gasteiger partial charge in [0.15, 0.2) is 23.1 Å². The van der Waals surface area contributed by atoms with Gasteiger partial charge in [0, 0.05) is 13.5 Å². The summed E-state index contributed by atoms with van der Waals surface area (Å²) in [6.07, 6.45) is 7.86. The third-order valence-corrected chi connectivity index (χ3v) is 2.51. The van der Waals surface area contributed by atoms with Crippen LogP contribution in [0.3, 0.4) is 0 Å². The van der Waals surface area contributed by atoms with Gasteiger partial charge in [0.1, 0.15) is 0 Å². The van der Waals surface area contributed by atoms with Gasteiger partial charge in [-0.1, -0.05) is 18.2 Å². The first-order valence-electron chi connectivity index (χ1n) is 5.18. The van der Waals surface area contributed by atoms with Crippen LogP contribution in [-0.4, -0.2) is 34.2 Å². The predicted molar refractivity (Wildman–Crippen MR) is 62.8 cm³/mol. The Morgan fingerprint density at radius 3 is 2.94 bits per heavy atom. The van der Waals surface area contributed by atoms with E-state index in [9.17, 15) is 0 Å². The van der Waals surface area contributed by atoms with Crippen LogP contribution in [-0.2, 0) is 4.74 Å². The van der Waals surface area contributed by atoms with Crippen LogP contribution in [0.1, 0.15) is 12.1 Å². The average molecular weight is 251 g/mol. The molecule has 0 spiro atoms. The lowest BCUT2D eigenvalue weighted by Gasteiger charge is -2.25. The highest BCUT2D eigenvalue weighted by molar-refractivity contribution is 5.99. The van der Waals surface area contributed by atoms with Crippen molar-refractivity contribution in [3.63, 3.8) is 0 Å². The van der Waals surface area contributed by atoms with E-state index < -0.39 is 5.72 Å². The van der Waals surface area contributed by atoms with Crippen molar-refractivity contribution in [3.8, 4) is 0 Å². The Labute approximate surface area is 103 Å². The van der Waals surface area contributed by atoms with Crippen molar-refractivity contribution in [1.29, 1.82) is 0 Å². The van der Waals surface area contributed by atoms with Crippen LogP contribution >= 0.6 is 0 Å². The molecule has 8 nitrogen and oxygen atoms in total. The Balaban J connectivity index is 2.37. The molecule has 1 heterocycles. The molecule has 96 valence electrons. The Hall–Kier alpha value is -2.19. The summed E-state index contributed by atoms with van der Waals surface area (Å²) in [5.74, 6) is 0.0486. The van der Waals surface area contributed by atoms with Gasteiger partial charge in [-0.2, -0.15) is 0 Å². The summed E-state index contributed by atoms with van der Waals surface area (Å²) in [7, 11) is 1.52. The summed E-state index contributed by atoms with van der Waals surface area (Å²) < 4.78 is 9.81. The Kier molecular flexibility index (Phi) is 3.40. The van der Waals surface area contributed by atoms with Crippen LogP contribution in [0.25, 0.3) is 0 Å². The molecule has 0 saturated carbocycles. The van der Waals surface area contributed by atoms with Crippen LogP contribution in [0.15, 0.2) is 33.9 Å². The molecule has 1 aliphatic carbocycles. The van der Waals surface area contributed by atoms with Crippen LogP contribution < -0.4 is 11.2 Å². The number of anilines is 1. The van der Waals surface area contributed by atoms with Crippen molar-refractivity contribution in [2.24, 2.45) is 4.99 Å². The van der Waals surface area contributed by atoms with E-state index in [1.807, 2.05) is 17.6 Å². The van der Waals surface area contributed by atoms with E-state index in [1.165, 1.54) is 7.11 Å². The molecule has 1 aromatic rings. The van der Waals surface area contributed by atoms with Gasteiger partial charge in [-0.05, 0) is 16.4 Å². The molecule has 1 unspecified atom stereocenters. The second-order valence-electron chi connectivity index (χ2n) is 3.61. The maximum absolute atomic E-state index is 9.12. The highest BCUT2D eigenvalue weighted by Gasteiger charge is 2.28. The third kappa shape index (κ3) is 2.24. The first-order chi connectivity index (χ1) is 8.71. The smallest absolute Gasteiger partial charge is 0.199 e. The number of aromatic nitrogens is 2. The summed E-state index contributed by atoms with van der Waals surface area (Å²) in [6.45, 7) is 0. The number of hydrogen-bond acceptors (Lipinski definition) is 7. The van der Waals surface area contributed by atoms with Gasteiger partial charge >= 0.3 is 0 Å². The second-order valence-corrected chi connectivity index (χ2v) is 3.61. The number of nitrogens with two attached hydrogens (primary N) is 1. The highest BCUT2D eigenvalue weighted by Crippen LogP contribution is 2.24. The molecular weight excluding hydrogens is 238 g/mol. The Morgan fingerprint density at radius 1 is 1.61 bits per heavy atom. The normalized spacial score (nSPS) is 23.3. The van der Waals surface area contributed by atoms with Crippen molar-refractivity contribution in [2.45, 2.75) is 12.1 Å². The van der Waals surface area contributed by atoms with Gasteiger partial charge in [0.05, 0.1) is 0 Å². The number of amidine groups is 1. The van der Waals surface area contributed by atoms with Crippen LogP contribution in [0.5, 0.6) is 0 Å². The quantitative estimate of drug-likeness (QED) is 0.400. The SMILES string of the molecule is COC1(N=C(NO)c2nonc2N)C=CC=CC1. The number of hydrogen-bond donors (Lipinski definition) is 3. The fourth-order valence-corrected chi connectivity index (χ4v) is 1.55. The van der Waals surface area contributed by atoms with Crippen molar-refractivity contribution in [2.75, 3.05) is 12.8 Å². The maximum atomic E-state index is 9.12. The van der Waals surface area contributed by atoms with E-state index in [0.717, 1.165) is 0 Å². The molecule has 4 N–H and O–H groups in total. The van der Waals surface area contributed by atoms with Gasteiger partial charge in [0.2, 0.25) is 0 Å². The van der Waals surface area contributed by atoms with Gasteiger partial charge in [-0.3, -0.25) is 10.7 Å². The lowest BCUT2D eigenvalue weighted by Crippen LogP contribution is -2.33. The van der Waals surface area contributed by atoms with E-state index in [-0.39, 0.29) is 17.3 Å². The summed E-state index contributed by atoms with van der Waals surface area (Å²) in [6, 6.07) is 0. The van der Waals surface area contributed by atoms with Crippen molar-refractivity contribution < 1.29 is 14.6 Å². The van der Waals surface area contributed by atoms with Crippen LogP contribution in [0, 0.1) is 0 Å². The van der Waals surface area contributed by atoms with Gasteiger partial charge < -0.3 is 10.5 Å². The van der Waals surface area contributed by atoms with Gasteiger partial charge in [-0.25, -0.2) is 9.62 Å². The zero-order valence-corrected chi connectivity index (χ0v) is 9.70. The number of methoxy groups -OCH3 is 1. The number of nitrogens with one attached hydrogen (secondary N) is 1. The topological polar surface area (TPSA) is 119 Å². The third-order valence-electron chi connectivity index (χ3n) is 2.51. The van der Waals surface area contributed by atoms with E-state index in [0.29, 0.717) is 6.42 Å². The standard InChI is InChI=1S/C10H13N5O3/c1-17-10(5-3-2-4-6-10)12-9(13-16)7-8(11)15-18-14-7/h2-5,16H,6H2,1H3,(H2,11,15)(H,12,13). The van der Waals surface area contributed by atoms with Crippen molar-refractivity contribution in [3.05, 3.63) is 30.0 Å². The maximum Gasteiger partial charge on any atom is 0.199 e. The monoisotopic (exact) mass is 251 g/mol. The molecule has 2 rings (SSSR count). The molecule has 18 heavy (non-hydrogen) atoms. The van der Waals surface area contributed by atoms with E-state index >= 15 is 0 Å². The number of allylic oxidation sites excluding steroid dienone is 2. The highest BCUT2D eigenvalue weighted by atomic mass is 16.6. The first kappa shape index (κ1) is 12.3. The fourth-order valence-electron chi connectivity index (χ4n) is 1.55. The number of nitrogen functional groups attached to an aromatic ring is 1. The van der Waals surface area contributed by atoms with Crippen molar-refractivity contribution >= 4 is 11.7 Å². The van der Waals surface area contributed by atoms with E-state index in [4.69, 9.17) is 15.7 Å². The Bertz CT molecular complexity index is 507. The zero-order chi connectivity index (χ0) is 13.0. The van der Waals surface area contributed by atoms with E-state index in [1.54, 1.807) is 12.2 Å². The van der Waals surface area contributed by atoms with Crippen LogP contribution in [0.4, 0.5) is 5.82 Å². The molecule has 8 heteroatoms. The summed E-state index contributed by atoms with van der Waals surface area (Å²) in [5, 5.41) is 16.1. The number of ether oxygens (including phenoxy) is 1. The molecule has 1 aliphatic rings. The predicted octanol–water partition coefficient (Wildman–Crippen LogP) is 0.236. The minimum absolute atomic E-state index is 0.0237. The van der Waals surface area contributed by atoms with Gasteiger partial charge in [0.25, 0.3) is 0 Å². The number of aliphatic imine (C=N–C) groups is 1. The first-order valence-corrected chi connectivity index (χ1v) is 5.18. The largest absolute Gasteiger partial charge is 0.379 e. The van der Waals surface area contributed by atoms with Gasteiger partial charge in [-0.15, -0.1) is 0 Å². The minimum Gasteiger partial charge on any atom is -0.379 e. The lowest BCUT2D eigenvalue weighted by atomic mass is 10.1. The summed E-state index contributed by atoms with van der Waals surface area (Å²) in [5.41, 5.74) is 6.67. The second kappa shape index (κ2) is 4.98. The molecule has 0 radical (unpaired) electrons. The molecular formula is C10H13N5O3. The summed E-state index contributed by atoms with van der Waals surface area (Å²) >= 11 is 0. The molecule has 0 aliphatic heterocycles. The number of hydroxylamine groups is 1. The fraction of sp³-hybridized carbons (Fsp3) is 0.300. The van der Waals surface area contributed by atoms with Crippen LogP contribution in [0.2, 0.25) is 0 Å². The minimum atomic E-state index is -0.912. The Morgan fingerprint density at radius 2 is 2.44 bits per heavy atom. The molecule has 0 fully saturated rings. The molecule has 0 aromatic carbocycles. The number of nitrogens with zero attached hydrogens (tertiary/aromatic N) is 3. The average Bonchev–Trinajstić information content (AvgIpc) is 2.83. The lowest BCUT2D eigenvalue weighted by molar-refractivity contribution is 0.0407. The van der Waals surface area contributed by atoms with Crippen molar-refractivity contribution in [1.82, 2.24) is 15.8 Å². The molecule has 1 atom stereocenters. The molecule has 1 aromatic heterocycles. The van der Waals surface area contributed by atoms with E-state index in [2.05, 4.69) is 19.9 Å². The summed E-state index contributed by atoms with van der Waals surface area (Å²) in [4.78, 5) is 4.26. The molecule has 0 amide bonds. The number of rotatable bonds is 3. The molecule has 0 saturated heterocycles.